The normalized spacial score (nSPS) is 51.7. The van der Waals surface area contributed by atoms with Crippen LogP contribution in [0.1, 0.15) is 47.0 Å². The van der Waals surface area contributed by atoms with Crippen LogP contribution in [0.4, 0.5) is 0 Å². The first-order valence-corrected chi connectivity index (χ1v) is 9.41. The van der Waals surface area contributed by atoms with Crippen molar-refractivity contribution in [3.05, 3.63) is 12.7 Å². The van der Waals surface area contributed by atoms with E-state index in [4.69, 9.17) is 9.47 Å². The maximum absolute atomic E-state index is 13.3. The topological polar surface area (TPSA) is 113 Å². The summed E-state index contributed by atoms with van der Waals surface area (Å²) in [5, 5.41) is 33.9. The minimum absolute atomic E-state index is 0.122. The number of carbonyl (C=O) groups excluding carboxylic acids is 2. The van der Waals surface area contributed by atoms with Gasteiger partial charge in [-0.2, -0.15) is 0 Å². The number of aliphatic hydroxyl groups excluding tert-OH is 2. The number of ether oxygens (including phenoxy) is 2. The lowest BCUT2D eigenvalue weighted by Gasteiger charge is -2.67. The van der Waals surface area contributed by atoms with Crippen molar-refractivity contribution < 1.29 is 34.4 Å². The van der Waals surface area contributed by atoms with Gasteiger partial charge in [-0.25, -0.2) is 0 Å². The van der Waals surface area contributed by atoms with Gasteiger partial charge in [0, 0.05) is 17.8 Å². The van der Waals surface area contributed by atoms with E-state index >= 15 is 0 Å². The molecule has 152 valence electrons. The van der Waals surface area contributed by atoms with Crippen molar-refractivity contribution in [2.75, 3.05) is 0 Å². The third kappa shape index (κ3) is 2.48. The van der Waals surface area contributed by atoms with Crippen molar-refractivity contribution in [2.45, 2.75) is 82.6 Å². The zero-order chi connectivity index (χ0) is 20.4. The lowest BCUT2D eigenvalue weighted by molar-refractivity contribution is -0.334. The molecule has 27 heavy (non-hydrogen) atoms. The maximum Gasteiger partial charge on any atom is 0.293 e. The molecule has 0 radical (unpaired) electrons. The Morgan fingerprint density at radius 1 is 1.26 bits per heavy atom. The molecular formula is C20H30O7. The molecule has 8 atom stereocenters. The van der Waals surface area contributed by atoms with Crippen LogP contribution >= 0.6 is 0 Å². The Hall–Kier alpha value is -1.28. The van der Waals surface area contributed by atoms with Gasteiger partial charge in [0.2, 0.25) is 0 Å². The molecule has 0 spiro atoms. The molecule has 1 saturated heterocycles. The highest BCUT2D eigenvalue weighted by atomic mass is 16.6. The SMILES string of the molecule is C=C[C@@]1(C)CC(=O)[C@@]2(O)[C@H](O1)C(OC=O)C(O)[C@H]1C(C)(C)CC[C@H](O)C12C. The minimum Gasteiger partial charge on any atom is -0.459 e. The van der Waals surface area contributed by atoms with Crippen LogP contribution in [0.2, 0.25) is 0 Å². The molecule has 0 aromatic rings. The highest BCUT2D eigenvalue weighted by molar-refractivity contribution is 5.91. The van der Waals surface area contributed by atoms with Crippen molar-refractivity contribution in [2.24, 2.45) is 16.7 Å². The van der Waals surface area contributed by atoms with Crippen LogP contribution in [0.3, 0.4) is 0 Å². The molecule has 0 aromatic heterocycles. The quantitative estimate of drug-likeness (QED) is 0.487. The number of aliphatic hydroxyl groups is 3. The largest absolute Gasteiger partial charge is 0.459 e. The molecule has 3 aliphatic rings. The number of hydrogen-bond acceptors (Lipinski definition) is 7. The lowest BCUT2D eigenvalue weighted by Crippen LogP contribution is -2.82. The number of Topliss-reactive ketones (excluding diaryl/α,β-unsaturated/α-hetero) is 1. The smallest absolute Gasteiger partial charge is 0.293 e. The predicted octanol–water partition coefficient (Wildman–Crippen LogP) is 0.740. The van der Waals surface area contributed by atoms with Crippen LogP contribution in [0.25, 0.3) is 0 Å². The molecule has 3 fully saturated rings. The first-order chi connectivity index (χ1) is 12.4. The Bertz CT molecular complexity index is 661. The van der Waals surface area contributed by atoms with Gasteiger partial charge >= 0.3 is 0 Å². The number of carbonyl (C=O) groups is 2. The highest BCUT2D eigenvalue weighted by Crippen LogP contribution is 2.63. The van der Waals surface area contributed by atoms with Gasteiger partial charge in [-0.3, -0.25) is 9.59 Å². The van der Waals surface area contributed by atoms with Crippen molar-refractivity contribution in [3.8, 4) is 0 Å². The summed E-state index contributed by atoms with van der Waals surface area (Å²) < 4.78 is 11.2. The monoisotopic (exact) mass is 382 g/mol. The molecule has 0 bridgehead atoms. The average Bonchev–Trinajstić information content (AvgIpc) is 2.58. The van der Waals surface area contributed by atoms with E-state index in [2.05, 4.69) is 6.58 Å². The molecule has 0 amide bonds. The molecule has 2 saturated carbocycles. The Morgan fingerprint density at radius 2 is 1.89 bits per heavy atom. The maximum atomic E-state index is 13.3. The van der Waals surface area contributed by atoms with Crippen molar-refractivity contribution in [1.82, 2.24) is 0 Å². The summed E-state index contributed by atoms with van der Waals surface area (Å²) >= 11 is 0. The molecule has 2 aliphatic carbocycles. The summed E-state index contributed by atoms with van der Waals surface area (Å²) in [5.74, 6) is -1.18. The molecule has 1 heterocycles. The third-order valence-corrected chi connectivity index (χ3v) is 7.43. The number of ketones is 1. The van der Waals surface area contributed by atoms with Gasteiger partial charge in [0.25, 0.3) is 6.47 Å². The zero-order valence-electron chi connectivity index (χ0n) is 16.3. The number of rotatable bonds is 3. The standard InChI is InChI=1S/C20H30O7/c1-6-18(4)9-12(23)20(25)16(27-18)14(26-10-21)13(24)15-17(2,3)8-7-11(22)19(15,20)5/h6,10-11,13-16,22,24-25H,1,7-9H2,2-5H3/t11-,13?,14?,15-,16+,18-,19?,20+/m0/s1. The summed E-state index contributed by atoms with van der Waals surface area (Å²) in [6, 6.07) is 0. The summed E-state index contributed by atoms with van der Waals surface area (Å²) in [6.45, 7) is 11.0. The summed E-state index contributed by atoms with van der Waals surface area (Å²) in [7, 11) is 0. The molecule has 1 aliphatic heterocycles. The van der Waals surface area contributed by atoms with E-state index < -0.39 is 58.1 Å². The van der Waals surface area contributed by atoms with Gasteiger partial charge in [0.1, 0.15) is 6.10 Å². The molecule has 0 aromatic carbocycles. The third-order valence-electron chi connectivity index (χ3n) is 7.43. The van der Waals surface area contributed by atoms with Crippen LogP contribution in [0, 0.1) is 16.7 Å². The predicted molar refractivity (Wildman–Crippen MR) is 95.6 cm³/mol. The molecular weight excluding hydrogens is 352 g/mol. The van der Waals surface area contributed by atoms with Crippen LogP contribution in [0.15, 0.2) is 12.7 Å². The Balaban J connectivity index is 2.24. The first-order valence-electron chi connectivity index (χ1n) is 9.41. The molecule has 3 unspecified atom stereocenters. The van der Waals surface area contributed by atoms with E-state index in [1.54, 1.807) is 13.8 Å². The Morgan fingerprint density at radius 3 is 2.44 bits per heavy atom. The second-order valence-electron chi connectivity index (χ2n) is 9.41. The summed E-state index contributed by atoms with van der Waals surface area (Å²) in [4.78, 5) is 24.4. The summed E-state index contributed by atoms with van der Waals surface area (Å²) in [5.41, 5.74) is -5.04. The van der Waals surface area contributed by atoms with Gasteiger partial charge in [-0.05, 0) is 25.2 Å². The Labute approximate surface area is 159 Å². The van der Waals surface area contributed by atoms with Crippen molar-refractivity contribution in [1.29, 1.82) is 0 Å². The van der Waals surface area contributed by atoms with Gasteiger partial charge in [0.05, 0.1) is 17.8 Å². The molecule has 7 nitrogen and oxygen atoms in total. The van der Waals surface area contributed by atoms with Crippen LogP contribution in [-0.2, 0) is 19.1 Å². The van der Waals surface area contributed by atoms with Gasteiger partial charge in [-0.1, -0.05) is 26.8 Å². The van der Waals surface area contributed by atoms with Gasteiger partial charge in [-0.15, -0.1) is 6.58 Å². The van der Waals surface area contributed by atoms with E-state index in [1.165, 1.54) is 6.08 Å². The zero-order valence-corrected chi connectivity index (χ0v) is 16.3. The average molecular weight is 382 g/mol. The van der Waals surface area contributed by atoms with Crippen LogP contribution < -0.4 is 0 Å². The Kier molecular flexibility index (Phi) is 4.63. The van der Waals surface area contributed by atoms with E-state index in [-0.39, 0.29) is 12.9 Å². The fraction of sp³-hybridized carbons (Fsp3) is 0.800. The van der Waals surface area contributed by atoms with E-state index in [1.807, 2.05) is 13.8 Å². The molecule has 7 heteroatoms. The summed E-state index contributed by atoms with van der Waals surface area (Å²) in [6.07, 6.45) is -2.46. The van der Waals surface area contributed by atoms with E-state index in [9.17, 15) is 24.9 Å². The van der Waals surface area contributed by atoms with E-state index in [0.29, 0.717) is 12.8 Å². The van der Waals surface area contributed by atoms with E-state index in [0.717, 1.165) is 0 Å². The lowest BCUT2D eigenvalue weighted by atomic mass is 9.42. The van der Waals surface area contributed by atoms with Crippen LogP contribution in [0.5, 0.6) is 0 Å². The number of hydrogen-bond donors (Lipinski definition) is 3. The first kappa shape index (κ1) is 20.5. The van der Waals surface area contributed by atoms with Crippen molar-refractivity contribution in [3.63, 3.8) is 0 Å². The van der Waals surface area contributed by atoms with Gasteiger partial charge in [0.15, 0.2) is 17.5 Å². The van der Waals surface area contributed by atoms with Crippen molar-refractivity contribution >= 4 is 12.3 Å². The van der Waals surface area contributed by atoms with Crippen LogP contribution in [-0.4, -0.2) is 63.2 Å². The second kappa shape index (κ2) is 6.11. The van der Waals surface area contributed by atoms with Gasteiger partial charge < -0.3 is 24.8 Å². The fourth-order valence-electron chi connectivity index (χ4n) is 5.94. The minimum atomic E-state index is -2.11. The number of fused-ring (bicyclic) bond motifs is 3. The molecule has 3 N–H and O–H groups in total. The second-order valence-corrected chi connectivity index (χ2v) is 9.41. The molecule has 3 rings (SSSR count). The fourth-order valence-corrected chi connectivity index (χ4v) is 5.94. The highest BCUT2D eigenvalue weighted by Gasteiger charge is 2.76.